The maximum Gasteiger partial charge on any atom is 0.261 e. The van der Waals surface area contributed by atoms with Gasteiger partial charge in [-0.2, -0.15) is 0 Å². The van der Waals surface area contributed by atoms with Gasteiger partial charge in [0.2, 0.25) is 0 Å². The first kappa shape index (κ1) is 19.9. The highest BCUT2D eigenvalue weighted by Gasteiger charge is 2.36. The largest absolute Gasteiger partial charge is 0.304 e. The SMILES string of the molecule is CN(C)Cc1csc(NC(=O)c2ccc3c(c2)C(=O)N(Cc2ccccn2)C3=O)n1. The van der Waals surface area contributed by atoms with Crippen LogP contribution in [-0.4, -0.2) is 51.6 Å². The zero-order valence-corrected chi connectivity index (χ0v) is 17.3. The summed E-state index contributed by atoms with van der Waals surface area (Å²) in [7, 11) is 3.88. The Labute approximate surface area is 177 Å². The van der Waals surface area contributed by atoms with Gasteiger partial charge in [-0.3, -0.25) is 29.6 Å². The molecule has 1 aliphatic rings. The smallest absolute Gasteiger partial charge is 0.261 e. The molecule has 3 aromatic rings. The molecule has 1 N–H and O–H groups in total. The molecule has 4 rings (SSSR count). The first-order chi connectivity index (χ1) is 14.4. The van der Waals surface area contributed by atoms with Crippen LogP contribution in [-0.2, 0) is 13.1 Å². The van der Waals surface area contributed by atoms with Crippen molar-refractivity contribution in [2.75, 3.05) is 19.4 Å². The molecule has 2 aromatic heterocycles. The van der Waals surface area contributed by atoms with Crippen LogP contribution in [0.4, 0.5) is 5.13 Å². The number of amides is 3. The summed E-state index contributed by atoms with van der Waals surface area (Å²) >= 11 is 1.34. The van der Waals surface area contributed by atoms with E-state index in [0.29, 0.717) is 22.9 Å². The maximum atomic E-state index is 12.8. The van der Waals surface area contributed by atoms with Crippen LogP contribution in [0.1, 0.15) is 42.5 Å². The van der Waals surface area contributed by atoms with Gasteiger partial charge in [-0.1, -0.05) is 6.07 Å². The highest BCUT2D eigenvalue weighted by molar-refractivity contribution is 7.14. The molecule has 9 heteroatoms. The Hall–Kier alpha value is -3.43. The first-order valence-electron chi connectivity index (χ1n) is 9.23. The molecule has 152 valence electrons. The number of nitrogens with zero attached hydrogens (tertiary/aromatic N) is 4. The second kappa shape index (κ2) is 8.13. The molecule has 8 nitrogen and oxygen atoms in total. The van der Waals surface area contributed by atoms with Gasteiger partial charge < -0.3 is 4.90 Å². The molecule has 0 bridgehead atoms. The van der Waals surface area contributed by atoms with E-state index in [1.54, 1.807) is 24.4 Å². The molecule has 3 amide bonds. The maximum absolute atomic E-state index is 12.8. The van der Waals surface area contributed by atoms with E-state index < -0.39 is 5.91 Å². The molecule has 0 fully saturated rings. The molecule has 0 aliphatic carbocycles. The molecule has 3 heterocycles. The van der Waals surface area contributed by atoms with Crippen molar-refractivity contribution >= 4 is 34.2 Å². The van der Waals surface area contributed by atoms with Crippen LogP contribution >= 0.6 is 11.3 Å². The van der Waals surface area contributed by atoms with Crippen molar-refractivity contribution in [1.82, 2.24) is 19.8 Å². The zero-order valence-electron chi connectivity index (χ0n) is 16.5. The van der Waals surface area contributed by atoms with E-state index in [1.165, 1.54) is 29.5 Å². The van der Waals surface area contributed by atoms with Crippen molar-refractivity contribution in [1.29, 1.82) is 0 Å². The van der Waals surface area contributed by atoms with Crippen molar-refractivity contribution in [3.05, 3.63) is 76.1 Å². The van der Waals surface area contributed by atoms with Crippen molar-refractivity contribution in [3.63, 3.8) is 0 Å². The topological polar surface area (TPSA) is 95.5 Å². The number of carbonyl (C=O) groups excluding carboxylic acids is 3. The van der Waals surface area contributed by atoms with Crippen molar-refractivity contribution in [2.24, 2.45) is 0 Å². The summed E-state index contributed by atoms with van der Waals surface area (Å²) in [6.45, 7) is 0.760. The number of thiazole rings is 1. The number of aromatic nitrogens is 2. The molecule has 0 spiro atoms. The van der Waals surface area contributed by atoms with Crippen molar-refractivity contribution in [3.8, 4) is 0 Å². The Morgan fingerprint density at radius 3 is 2.63 bits per heavy atom. The molecule has 30 heavy (non-hydrogen) atoms. The number of rotatable bonds is 6. The Bertz CT molecular complexity index is 1130. The molecule has 0 saturated carbocycles. The van der Waals surface area contributed by atoms with E-state index in [1.807, 2.05) is 24.4 Å². The molecule has 1 aromatic carbocycles. The minimum absolute atomic E-state index is 0.0858. The van der Waals surface area contributed by atoms with Gasteiger partial charge >= 0.3 is 0 Å². The zero-order chi connectivity index (χ0) is 21.3. The average molecular weight is 421 g/mol. The van der Waals surface area contributed by atoms with Crippen LogP contribution in [0.3, 0.4) is 0 Å². The number of fused-ring (bicyclic) bond motifs is 1. The van der Waals surface area contributed by atoms with Crippen LogP contribution in [0.25, 0.3) is 0 Å². The third kappa shape index (κ3) is 3.98. The lowest BCUT2D eigenvalue weighted by Crippen LogP contribution is -2.29. The van der Waals surface area contributed by atoms with Gasteiger partial charge in [0, 0.05) is 23.7 Å². The minimum Gasteiger partial charge on any atom is -0.304 e. The molecular weight excluding hydrogens is 402 g/mol. The second-order valence-electron chi connectivity index (χ2n) is 7.11. The third-order valence-electron chi connectivity index (χ3n) is 4.53. The molecule has 0 atom stereocenters. The normalized spacial score (nSPS) is 13.1. The first-order valence-corrected chi connectivity index (χ1v) is 10.1. The van der Waals surface area contributed by atoms with Crippen molar-refractivity contribution in [2.45, 2.75) is 13.1 Å². The summed E-state index contributed by atoms with van der Waals surface area (Å²) < 4.78 is 0. The third-order valence-corrected chi connectivity index (χ3v) is 5.34. The van der Waals surface area contributed by atoms with Crippen LogP contribution in [0.5, 0.6) is 0 Å². The number of pyridine rings is 1. The summed E-state index contributed by atoms with van der Waals surface area (Å²) in [4.78, 5) is 49.7. The molecule has 0 radical (unpaired) electrons. The predicted molar refractivity (Wildman–Crippen MR) is 112 cm³/mol. The van der Waals surface area contributed by atoms with E-state index in [2.05, 4.69) is 15.3 Å². The Balaban J connectivity index is 1.51. The van der Waals surface area contributed by atoms with Crippen LogP contribution in [0, 0.1) is 0 Å². The lowest BCUT2D eigenvalue weighted by molar-refractivity contribution is 0.0640. The number of hydrogen-bond acceptors (Lipinski definition) is 7. The van der Waals surface area contributed by atoms with Gasteiger partial charge in [-0.25, -0.2) is 4.98 Å². The average Bonchev–Trinajstić information content (AvgIpc) is 3.25. The van der Waals surface area contributed by atoms with E-state index in [-0.39, 0.29) is 29.5 Å². The molecule has 1 aliphatic heterocycles. The highest BCUT2D eigenvalue weighted by atomic mass is 32.1. The second-order valence-corrected chi connectivity index (χ2v) is 7.97. The summed E-state index contributed by atoms with van der Waals surface area (Å²) in [5, 5.41) is 5.12. The van der Waals surface area contributed by atoms with E-state index in [4.69, 9.17) is 0 Å². The molecular formula is C21H19N5O3S. The van der Waals surface area contributed by atoms with Crippen LogP contribution in [0.2, 0.25) is 0 Å². The molecule has 0 unspecified atom stereocenters. The van der Waals surface area contributed by atoms with Crippen LogP contribution in [0.15, 0.2) is 48.0 Å². The van der Waals surface area contributed by atoms with E-state index in [9.17, 15) is 14.4 Å². The van der Waals surface area contributed by atoms with E-state index in [0.717, 1.165) is 10.6 Å². The quantitative estimate of drug-likeness (QED) is 0.615. The monoisotopic (exact) mass is 421 g/mol. The predicted octanol–water partition coefficient (Wildman–Crippen LogP) is 2.65. The van der Waals surface area contributed by atoms with Gasteiger partial charge in [0.1, 0.15) is 0 Å². The number of carbonyl (C=O) groups is 3. The summed E-state index contributed by atoms with van der Waals surface area (Å²) in [5.41, 5.74) is 2.27. The minimum atomic E-state index is -0.433. The fourth-order valence-electron chi connectivity index (χ4n) is 3.16. The lowest BCUT2D eigenvalue weighted by Gasteiger charge is -2.12. The Kier molecular flexibility index (Phi) is 5.39. The van der Waals surface area contributed by atoms with Gasteiger partial charge in [0.05, 0.1) is 29.1 Å². The summed E-state index contributed by atoms with van der Waals surface area (Å²) in [6.07, 6.45) is 1.61. The van der Waals surface area contributed by atoms with Gasteiger partial charge in [-0.15, -0.1) is 11.3 Å². The fourth-order valence-corrected chi connectivity index (χ4v) is 3.86. The number of nitrogens with one attached hydrogen (secondary N) is 1. The van der Waals surface area contributed by atoms with E-state index >= 15 is 0 Å². The summed E-state index contributed by atoms with van der Waals surface area (Å²) in [5.74, 6) is -1.20. The van der Waals surface area contributed by atoms with Gasteiger partial charge in [-0.05, 0) is 44.4 Å². The number of anilines is 1. The molecule has 0 saturated heterocycles. The summed E-state index contributed by atoms with van der Waals surface area (Å²) in [6, 6.07) is 9.83. The van der Waals surface area contributed by atoms with Gasteiger partial charge in [0.15, 0.2) is 5.13 Å². The van der Waals surface area contributed by atoms with Crippen molar-refractivity contribution < 1.29 is 14.4 Å². The Morgan fingerprint density at radius 1 is 1.10 bits per heavy atom. The highest BCUT2D eigenvalue weighted by Crippen LogP contribution is 2.26. The fraction of sp³-hybridized carbons (Fsp3) is 0.190. The number of benzene rings is 1. The number of imide groups is 1. The van der Waals surface area contributed by atoms with Crippen LogP contribution < -0.4 is 5.32 Å². The lowest BCUT2D eigenvalue weighted by atomic mass is 10.1. The standard InChI is InChI=1S/C21H19N5O3S/c1-25(2)10-15-12-30-21(23-15)24-18(27)13-6-7-16-17(9-13)20(29)26(19(16)28)11-14-5-3-4-8-22-14/h3-9,12H,10-11H2,1-2H3,(H,23,24,27). The Morgan fingerprint density at radius 2 is 1.90 bits per heavy atom. The number of hydrogen-bond donors (Lipinski definition) is 1. The van der Waals surface area contributed by atoms with Gasteiger partial charge in [0.25, 0.3) is 17.7 Å².